The molecule has 6 heterocycles. The van der Waals surface area contributed by atoms with Crippen LogP contribution in [0, 0.1) is 0 Å². The number of piperidine rings is 1. The number of nitrogens with one attached hydrogen (secondary N) is 5. The van der Waals surface area contributed by atoms with Gasteiger partial charge in [-0.1, -0.05) is 12.1 Å². The van der Waals surface area contributed by atoms with Gasteiger partial charge in [0.1, 0.15) is 38.7 Å². The predicted octanol–water partition coefficient (Wildman–Crippen LogP) is 9.09. The molecule has 0 atom stereocenters. The minimum Gasteiger partial charge on any atom is -0.491 e. The van der Waals surface area contributed by atoms with Crippen LogP contribution in [0.4, 0.5) is 22.9 Å². The zero-order valence-corrected chi connectivity index (χ0v) is 39.1. The van der Waals surface area contributed by atoms with Crippen molar-refractivity contribution in [3.05, 3.63) is 112 Å². The Kier molecular flexibility index (Phi) is 14.8. The number of anilines is 4. The first-order chi connectivity index (χ1) is 33.2. The van der Waals surface area contributed by atoms with Gasteiger partial charge in [-0.25, -0.2) is 19.7 Å². The van der Waals surface area contributed by atoms with E-state index in [9.17, 15) is 24.3 Å². The number of nitrogens with zero attached hydrogens (tertiary/aromatic N) is 4. The van der Waals surface area contributed by atoms with E-state index in [2.05, 4.69) is 64.6 Å². The van der Waals surface area contributed by atoms with Crippen LogP contribution in [0.1, 0.15) is 105 Å². The Morgan fingerprint density at radius 1 is 0.706 bits per heavy atom. The standard InChI is InChI=1S/C50H53N9O7S2/c60-45(32-8-11-42-38(25-32)55-46(61)41-30-68-49(58-41)34-13-18-53-44(28-34)52-17-4-2-6-24-65-42)54-19-22-59-20-14-31(15-21-59)36-10-7-33-26-37(36)51-16-3-1-5-23-66-43-12-9-35(50(63)64)27-39(43)56-47(62)40-29-67-48(33)57-40/h7-13,18,25-31,51H,1-6,14-17,19-24H2,(H,52,53)(H,54,60)(H,55,61)(H,56,62)(H,63,64). The lowest BCUT2D eigenvalue weighted by atomic mass is 9.87. The molecule has 16 nitrogen and oxygen atoms in total. The zero-order valence-electron chi connectivity index (χ0n) is 37.5. The summed E-state index contributed by atoms with van der Waals surface area (Å²) in [5.74, 6) is -0.164. The summed E-state index contributed by atoms with van der Waals surface area (Å²) in [5.41, 5.74) is 5.77. The second-order valence-electron chi connectivity index (χ2n) is 17.0. The number of pyridine rings is 1. The van der Waals surface area contributed by atoms with Crippen LogP contribution in [0.3, 0.4) is 0 Å². The van der Waals surface area contributed by atoms with Crippen molar-refractivity contribution in [3.8, 4) is 32.6 Å². The highest BCUT2D eigenvalue weighted by Crippen LogP contribution is 2.37. The minimum atomic E-state index is -1.09. The van der Waals surface area contributed by atoms with Crippen molar-refractivity contribution in [2.45, 2.75) is 57.3 Å². The van der Waals surface area contributed by atoms with Crippen molar-refractivity contribution in [3.63, 3.8) is 0 Å². The molecule has 3 aliphatic heterocycles. The topological polar surface area (TPSA) is 209 Å². The van der Waals surface area contributed by atoms with Gasteiger partial charge in [0.25, 0.3) is 17.7 Å². The number of aromatic carboxylic acids is 1. The summed E-state index contributed by atoms with van der Waals surface area (Å²) in [6.07, 6.45) is 9.00. The highest BCUT2D eigenvalue weighted by molar-refractivity contribution is 7.13. The molecule has 3 amide bonds. The number of carbonyl (C=O) groups excluding carboxylic acids is 3. The number of hydrogen-bond acceptors (Lipinski definition) is 14. The number of hydrogen-bond donors (Lipinski definition) is 6. The molecule has 0 spiro atoms. The number of carboxylic acids is 1. The van der Waals surface area contributed by atoms with Gasteiger partial charge in [0, 0.05) is 65.5 Å². The van der Waals surface area contributed by atoms with Gasteiger partial charge in [-0.05, 0) is 131 Å². The van der Waals surface area contributed by atoms with E-state index in [0.717, 1.165) is 100 Å². The number of rotatable bonds is 6. The Balaban J connectivity index is 0.813. The van der Waals surface area contributed by atoms with Crippen LogP contribution in [0.5, 0.6) is 11.5 Å². The summed E-state index contributed by atoms with van der Waals surface area (Å²) >= 11 is 2.76. The Bertz CT molecular complexity index is 2790. The average Bonchev–Trinajstić information content (AvgIpc) is 4.06. The molecule has 0 saturated carbocycles. The summed E-state index contributed by atoms with van der Waals surface area (Å²) < 4.78 is 12.1. The first-order valence-electron chi connectivity index (χ1n) is 23.1. The smallest absolute Gasteiger partial charge is 0.335 e. The van der Waals surface area contributed by atoms with Gasteiger partial charge in [-0.2, -0.15) is 0 Å². The zero-order chi connectivity index (χ0) is 46.8. The first kappa shape index (κ1) is 46.2. The molecule has 3 aromatic carbocycles. The van der Waals surface area contributed by atoms with Crippen molar-refractivity contribution in [2.75, 3.05) is 73.7 Å². The highest BCUT2D eigenvalue weighted by Gasteiger charge is 2.25. The van der Waals surface area contributed by atoms with Crippen molar-refractivity contribution in [1.82, 2.24) is 25.2 Å². The number of benzene rings is 3. The summed E-state index contributed by atoms with van der Waals surface area (Å²) in [4.78, 5) is 68.2. The highest BCUT2D eigenvalue weighted by atomic mass is 32.1. The lowest BCUT2D eigenvalue weighted by Gasteiger charge is -2.33. The molecule has 9 rings (SSSR count). The Hall–Kier alpha value is -6.89. The molecule has 0 unspecified atom stereocenters. The van der Waals surface area contributed by atoms with E-state index in [4.69, 9.17) is 9.47 Å². The van der Waals surface area contributed by atoms with Crippen molar-refractivity contribution in [1.29, 1.82) is 0 Å². The molecule has 1 saturated heterocycles. The molecule has 3 aromatic heterocycles. The SMILES string of the molecule is O=C(O)c1ccc2c(c1)NC(=O)c1csc(n1)-c1ccc(C3CCN(CCNC(=O)c4ccc5c(c4)NC(=O)c4csc(n4)-c4ccnc(c4)NCCCCCO5)CC3)c(c1)NCCCCCO2. The van der Waals surface area contributed by atoms with Crippen molar-refractivity contribution < 1.29 is 33.8 Å². The lowest BCUT2D eigenvalue weighted by molar-refractivity contribution is 0.0696. The number of thiazole rings is 2. The normalized spacial score (nSPS) is 16.4. The Morgan fingerprint density at radius 3 is 1.99 bits per heavy atom. The van der Waals surface area contributed by atoms with Gasteiger partial charge < -0.3 is 46.1 Å². The van der Waals surface area contributed by atoms with Crippen LogP contribution in [0.2, 0.25) is 0 Å². The van der Waals surface area contributed by atoms with Crippen LogP contribution in [0.25, 0.3) is 21.1 Å². The predicted molar refractivity (Wildman–Crippen MR) is 265 cm³/mol. The molecule has 3 aliphatic rings. The summed E-state index contributed by atoms with van der Waals surface area (Å²) in [5, 5.41) is 30.3. The number of fused-ring (bicyclic) bond motifs is 12. The molecular formula is C50H53N9O7S2. The summed E-state index contributed by atoms with van der Waals surface area (Å²) in [6.45, 7) is 5.36. The molecular weight excluding hydrogens is 903 g/mol. The number of likely N-dealkylation sites (tertiary alicyclic amines) is 1. The molecule has 6 N–H and O–H groups in total. The van der Waals surface area contributed by atoms with E-state index >= 15 is 0 Å². The maximum absolute atomic E-state index is 13.5. The third kappa shape index (κ3) is 11.4. The van der Waals surface area contributed by atoms with Gasteiger partial charge in [0.15, 0.2) is 0 Å². The fraction of sp³-hybridized carbons (Fsp3) is 0.340. The Labute approximate surface area is 401 Å². The molecule has 0 aliphatic carbocycles. The lowest BCUT2D eigenvalue weighted by Crippen LogP contribution is -2.39. The summed E-state index contributed by atoms with van der Waals surface area (Å²) in [6, 6.07) is 19.8. The molecule has 352 valence electrons. The van der Waals surface area contributed by atoms with Gasteiger partial charge in [-0.3, -0.25) is 14.4 Å². The van der Waals surface area contributed by atoms with Crippen LogP contribution < -0.4 is 36.1 Å². The molecule has 18 heteroatoms. The number of carboxylic acid groups (broad SMARTS) is 1. The fourth-order valence-electron chi connectivity index (χ4n) is 8.54. The van der Waals surface area contributed by atoms with E-state index in [1.165, 1.54) is 40.4 Å². The van der Waals surface area contributed by atoms with Crippen LogP contribution >= 0.6 is 22.7 Å². The van der Waals surface area contributed by atoms with Gasteiger partial charge in [-0.15, -0.1) is 22.7 Å². The van der Waals surface area contributed by atoms with E-state index in [1.807, 2.05) is 12.1 Å². The van der Waals surface area contributed by atoms with E-state index < -0.39 is 17.8 Å². The number of aromatic nitrogens is 3. The van der Waals surface area contributed by atoms with E-state index in [1.54, 1.807) is 41.2 Å². The maximum Gasteiger partial charge on any atom is 0.335 e. The monoisotopic (exact) mass is 955 g/mol. The average molecular weight is 956 g/mol. The van der Waals surface area contributed by atoms with Crippen LogP contribution in [-0.4, -0.2) is 101 Å². The quantitative estimate of drug-likeness (QED) is 0.0922. The van der Waals surface area contributed by atoms with E-state index in [-0.39, 0.29) is 22.9 Å². The second-order valence-corrected chi connectivity index (χ2v) is 18.7. The van der Waals surface area contributed by atoms with E-state index in [0.29, 0.717) is 70.7 Å². The third-order valence-corrected chi connectivity index (χ3v) is 14.0. The minimum absolute atomic E-state index is 0.0483. The molecule has 6 aromatic rings. The first-order valence-corrected chi connectivity index (χ1v) is 24.9. The largest absolute Gasteiger partial charge is 0.491 e. The van der Waals surface area contributed by atoms with Gasteiger partial charge in [0.2, 0.25) is 0 Å². The van der Waals surface area contributed by atoms with Gasteiger partial charge in [0.05, 0.1) is 30.2 Å². The number of carbonyl (C=O) groups is 4. The number of amides is 3. The second kappa shape index (κ2) is 21.8. The van der Waals surface area contributed by atoms with Crippen LogP contribution in [-0.2, 0) is 0 Å². The maximum atomic E-state index is 13.5. The van der Waals surface area contributed by atoms with Crippen LogP contribution in [0.15, 0.2) is 83.7 Å². The van der Waals surface area contributed by atoms with Gasteiger partial charge >= 0.3 is 5.97 Å². The molecule has 8 bridgehead atoms. The molecule has 68 heavy (non-hydrogen) atoms. The molecule has 0 radical (unpaired) electrons. The Morgan fingerprint density at radius 2 is 1.32 bits per heavy atom. The summed E-state index contributed by atoms with van der Waals surface area (Å²) in [7, 11) is 0. The van der Waals surface area contributed by atoms with Crippen molar-refractivity contribution >= 4 is 69.2 Å². The van der Waals surface area contributed by atoms with Crippen molar-refractivity contribution in [2.24, 2.45) is 0 Å². The fourth-order valence-corrected chi connectivity index (χ4v) is 10.1. The third-order valence-electron chi connectivity index (χ3n) is 12.3. The molecule has 1 fully saturated rings. The number of ether oxygens (including phenoxy) is 2.